The van der Waals surface area contributed by atoms with Crippen molar-refractivity contribution in [3.05, 3.63) is 71.8 Å². The Balaban J connectivity index is 1.26. The number of amides is 2. The third-order valence-corrected chi connectivity index (χ3v) is 6.04. The molecule has 2 aromatic carbocycles. The summed E-state index contributed by atoms with van der Waals surface area (Å²) in [5.74, 6) is -7.83. The number of halogens is 2. The molecule has 1 atom stereocenters. The molecule has 4 rings (SSSR count). The minimum atomic E-state index is -4.05. The Morgan fingerprint density at radius 3 is 2.21 bits per heavy atom. The van der Waals surface area contributed by atoms with Crippen LogP contribution in [0.1, 0.15) is 29.9 Å². The quantitative estimate of drug-likeness (QED) is 0.485. The molecular formula is C25H24F2N2O5. The van der Waals surface area contributed by atoms with Crippen LogP contribution in [0.3, 0.4) is 0 Å². The number of benzene rings is 2. The number of hydrogen-bond acceptors (Lipinski definition) is 4. The van der Waals surface area contributed by atoms with Gasteiger partial charge in [-0.3, -0.25) is 4.79 Å². The highest BCUT2D eigenvalue weighted by atomic mass is 19.3. The van der Waals surface area contributed by atoms with Crippen molar-refractivity contribution in [2.24, 2.45) is 5.92 Å². The number of carbonyl (C=O) groups excluding carboxylic acids is 2. The van der Waals surface area contributed by atoms with Crippen molar-refractivity contribution in [2.45, 2.75) is 30.7 Å². The first-order valence-corrected chi connectivity index (χ1v) is 11.0. The van der Waals surface area contributed by atoms with Gasteiger partial charge in [0.1, 0.15) is 12.6 Å². The molecule has 1 fully saturated rings. The van der Waals surface area contributed by atoms with Gasteiger partial charge in [0.15, 0.2) is 0 Å². The zero-order chi connectivity index (χ0) is 24.3. The second-order valence-corrected chi connectivity index (χ2v) is 8.36. The van der Waals surface area contributed by atoms with Crippen LogP contribution in [0.15, 0.2) is 60.7 Å². The second-order valence-electron chi connectivity index (χ2n) is 8.36. The third-order valence-electron chi connectivity index (χ3n) is 6.04. The standard InChI is InChI=1S/C25H24F2N2O5/c26-25(27,23(31)32)22(15-11-12-15)29-21(30)10-5-13-28-24(33)34-14-20-18-8-3-1-6-16(18)17-7-2-4-9-19(17)20/h1-10,15,20,22H,11-14H2,(H,28,33)(H,29,30)(H,31,32)/b10-5+. The molecule has 1 saturated carbocycles. The largest absolute Gasteiger partial charge is 0.477 e. The number of carbonyl (C=O) groups is 3. The molecule has 0 aliphatic heterocycles. The van der Waals surface area contributed by atoms with Crippen LogP contribution in [0.2, 0.25) is 0 Å². The van der Waals surface area contributed by atoms with Crippen LogP contribution in [0, 0.1) is 5.92 Å². The fourth-order valence-corrected chi connectivity index (χ4v) is 4.23. The lowest BCUT2D eigenvalue weighted by Gasteiger charge is -2.23. The van der Waals surface area contributed by atoms with Crippen LogP contribution >= 0.6 is 0 Å². The van der Waals surface area contributed by atoms with E-state index in [1.54, 1.807) is 0 Å². The van der Waals surface area contributed by atoms with Crippen LogP contribution in [0.25, 0.3) is 11.1 Å². The second kappa shape index (κ2) is 9.62. The lowest BCUT2D eigenvalue weighted by atomic mass is 9.98. The average molecular weight is 470 g/mol. The molecule has 34 heavy (non-hydrogen) atoms. The molecule has 0 bridgehead atoms. The molecule has 0 spiro atoms. The number of hydrogen-bond donors (Lipinski definition) is 3. The Morgan fingerprint density at radius 2 is 1.65 bits per heavy atom. The molecule has 2 aliphatic rings. The maximum atomic E-state index is 13.8. The van der Waals surface area contributed by atoms with Gasteiger partial charge in [-0.15, -0.1) is 0 Å². The van der Waals surface area contributed by atoms with Gasteiger partial charge in [0.05, 0.1) is 0 Å². The number of carboxylic acid groups (broad SMARTS) is 1. The average Bonchev–Trinajstić information content (AvgIpc) is 3.61. The van der Waals surface area contributed by atoms with Crippen molar-refractivity contribution in [3.63, 3.8) is 0 Å². The molecule has 2 aliphatic carbocycles. The van der Waals surface area contributed by atoms with Crippen molar-refractivity contribution < 1.29 is 33.0 Å². The van der Waals surface area contributed by atoms with Gasteiger partial charge in [-0.2, -0.15) is 8.78 Å². The third kappa shape index (κ3) is 4.93. The van der Waals surface area contributed by atoms with E-state index in [0.717, 1.165) is 28.3 Å². The number of carboxylic acids is 1. The van der Waals surface area contributed by atoms with E-state index in [1.807, 2.05) is 48.5 Å². The summed E-state index contributed by atoms with van der Waals surface area (Å²) in [5.41, 5.74) is 4.38. The highest BCUT2D eigenvalue weighted by Gasteiger charge is 2.54. The van der Waals surface area contributed by atoms with Gasteiger partial charge in [0, 0.05) is 18.5 Å². The molecule has 2 amide bonds. The van der Waals surface area contributed by atoms with Crippen LogP contribution in [-0.2, 0) is 14.3 Å². The maximum Gasteiger partial charge on any atom is 0.407 e. The topological polar surface area (TPSA) is 105 Å². The first-order chi connectivity index (χ1) is 16.3. The van der Waals surface area contributed by atoms with Crippen LogP contribution in [-0.4, -0.2) is 48.2 Å². The minimum Gasteiger partial charge on any atom is -0.477 e. The maximum absolute atomic E-state index is 13.8. The van der Waals surface area contributed by atoms with E-state index >= 15 is 0 Å². The Hall–Kier alpha value is -3.75. The lowest BCUT2D eigenvalue weighted by Crippen LogP contribution is -2.53. The molecular weight excluding hydrogens is 446 g/mol. The number of aliphatic carboxylic acids is 1. The van der Waals surface area contributed by atoms with E-state index in [2.05, 4.69) is 10.6 Å². The molecule has 7 nitrogen and oxygen atoms in total. The summed E-state index contributed by atoms with van der Waals surface area (Å²) in [7, 11) is 0. The van der Waals surface area contributed by atoms with Gasteiger partial charge >= 0.3 is 18.0 Å². The summed E-state index contributed by atoms with van der Waals surface area (Å²) in [6.45, 7) is 0.0743. The van der Waals surface area contributed by atoms with E-state index in [-0.39, 0.29) is 19.1 Å². The molecule has 2 aromatic rings. The summed E-state index contributed by atoms with van der Waals surface area (Å²) < 4.78 is 33.1. The van der Waals surface area contributed by atoms with Gasteiger partial charge < -0.3 is 20.5 Å². The summed E-state index contributed by atoms with van der Waals surface area (Å²) in [4.78, 5) is 34.9. The van der Waals surface area contributed by atoms with Crippen LogP contribution in [0.5, 0.6) is 0 Å². The molecule has 3 N–H and O–H groups in total. The molecule has 0 heterocycles. The lowest BCUT2D eigenvalue weighted by molar-refractivity contribution is -0.170. The molecule has 9 heteroatoms. The SMILES string of the molecule is O=C(/C=C/CNC(=O)OCC1c2ccccc2-c2ccccc21)NC(C1CC1)C(F)(F)C(=O)O. The number of ether oxygens (including phenoxy) is 1. The summed E-state index contributed by atoms with van der Waals surface area (Å²) in [6.07, 6.45) is 2.44. The summed E-state index contributed by atoms with van der Waals surface area (Å²) >= 11 is 0. The van der Waals surface area contributed by atoms with Crippen molar-refractivity contribution in [3.8, 4) is 11.1 Å². The number of alkyl halides is 2. The summed E-state index contributed by atoms with van der Waals surface area (Å²) in [6, 6.07) is 14.1. The van der Waals surface area contributed by atoms with Crippen molar-refractivity contribution in [1.29, 1.82) is 0 Å². The van der Waals surface area contributed by atoms with Gasteiger partial charge in [-0.25, -0.2) is 9.59 Å². The Labute approximate surface area is 194 Å². The number of alkyl carbamates (subject to hydrolysis) is 1. The molecule has 0 radical (unpaired) electrons. The predicted molar refractivity (Wildman–Crippen MR) is 119 cm³/mol. The Morgan fingerprint density at radius 1 is 1.06 bits per heavy atom. The van der Waals surface area contributed by atoms with E-state index in [9.17, 15) is 23.2 Å². The minimum absolute atomic E-state index is 0.0620. The van der Waals surface area contributed by atoms with E-state index < -0.39 is 35.9 Å². The van der Waals surface area contributed by atoms with Crippen LogP contribution < -0.4 is 10.6 Å². The van der Waals surface area contributed by atoms with E-state index in [4.69, 9.17) is 9.84 Å². The first kappa shape index (κ1) is 23.4. The highest BCUT2D eigenvalue weighted by Crippen LogP contribution is 2.44. The molecule has 178 valence electrons. The zero-order valence-electron chi connectivity index (χ0n) is 18.2. The smallest absolute Gasteiger partial charge is 0.407 e. The van der Waals surface area contributed by atoms with Crippen molar-refractivity contribution >= 4 is 18.0 Å². The Bertz CT molecular complexity index is 1080. The van der Waals surface area contributed by atoms with Crippen LogP contribution in [0.4, 0.5) is 13.6 Å². The van der Waals surface area contributed by atoms with Crippen molar-refractivity contribution in [2.75, 3.05) is 13.2 Å². The molecule has 1 unspecified atom stereocenters. The summed E-state index contributed by atoms with van der Waals surface area (Å²) in [5, 5.41) is 13.3. The normalized spacial score (nSPS) is 15.9. The van der Waals surface area contributed by atoms with Crippen molar-refractivity contribution in [1.82, 2.24) is 10.6 Å². The van der Waals surface area contributed by atoms with Gasteiger partial charge in [0.2, 0.25) is 5.91 Å². The van der Waals surface area contributed by atoms with E-state index in [1.165, 1.54) is 6.08 Å². The molecule has 0 saturated heterocycles. The monoisotopic (exact) mass is 470 g/mol. The predicted octanol–water partition coefficient (Wildman–Crippen LogP) is 3.70. The first-order valence-electron chi connectivity index (χ1n) is 11.0. The van der Waals surface area contributed by atoms with Gasteiger partial charge in [-0.1, -0.05) is 54.6 Å². The Kier molecular flexibility index (Phi) is 6.63. The van der Waals surface area contributed by atoms with E-state index in [0.29, 0.717) is 12.8 Å². The number of fused-ring (bicyclic) bond motifs is 3. The highest BCUT2D eigenvalue weighted by molar-refractivity contribution is 5.89. The van der Waals surface area contributed by atoms with Gasteiger partial charge in [-0.05, 0) is 41.0 Å². The zero-order valence-corrected chi connectivity index (χ0v) is 18.2. The fraction of sp³-hybridized carbons (Fsp3) is 0.320. The number of nitrogens with one attached hydrogen (secondary N) is 2. The molecule has 0 aromatic heterocycles. The number of rotatable bonds is 9. The fourth-order valence-electron chi connectivity index (χ4n) is 4.23. The van der Waals surface area contributed by atoms with Gasteiger partial charge in [0.25, 0.3) is 0 Å².